The van der Waals surface area contributed by atoms with Gasteiger partial charge in [0.25, 0.3) is 0 Å². The minimum Gasteiger partial charge on any atom is -0.203 e. The van der Waals surface area contributed by atoms with Crippen molar-refractivity contribution in [3.05, 3.63) is 93.1 Å². The van der Waals surface area contributed by atoms with Gasteiger partial charge in [0.15, 0.2) is 46.5 Å². The smallest absolute Gasteiger partial charge is 0.175 e. The number of rotatable bonds is 6. The summed E-state index contributed by atoms with van der Waals surface area (Å²) in [6.45, 7) is 1.86. The molecule has 3 aromatic carbocycles. The van der Waals surface area contributed by atoms with Crippen molar-refractivity contribution in [1.82, 2.24) is 0 Å². The number of benzene rings is 3. The average molecular weight is 494 g/mol. The molecule has 0 atom stereocenters. The van der Waals surface area contributed by atoms with Crippen LogP contribution >= 0.6 is 23.5 Å². The maximum atomic E-state index is 14.0. The molecule has 0 saturated carbocycles. The average Bonchev–Trinajstić information content (AvgIpc) is 2.79. The van der Waals surface area contributed by atoms with Gasteiger partial charge in [-0.2, -0.15) is 0 Å². The Labute approximate surface area is 187 Å². The Morgan fingerprint density at radius 2 is 0.719 bits per heavy atom. The van der Waals surface area contributed by atoms with E-state index in [4.69, 9.17) is 0 Å². The van der Waals surface area contributed by atoms with Crippen LogP contribution in [-0.2, 0) is 11.5 Å². The topological polar surface area (TPSA) is 0 Å². The Balaban J connectivity index is 1.70. The predicted octanol–water partition coefficient (Wildman–Crippen LogP) is 8.00. The Kier molecular flexibility index (Phi) is 7.44. The highest BCUT2D eigenvalue weighted by Gasteiger charge is 2.24. The molecule has 3 rings (SSSR count). The molecule has 0 aliphatic carbocycles. The molecular weight excluding hydrogens is 480 g/mol. The summed E-state index contributed by atoms with van der Waals surface area (Å²) in [4.78, 5) is -1.56. The molecule has 0 nitrogen and oxygen atoms in total. The Morgan fingerprint density at radius 3 is 0.969 bits per heavy atom. The van der Waals surface area contributed by atoms with Crippen LogP contribution in [0.1, 0.15) is 22.3 Å². The lowest BCUT2D eigenvalue weighted by Crippen LogP contribution is -2.02. The number of hydrogen-bond donors (Lipinski definition) is 0. The van der Waals surface area contributed by atoms with Gasteiger partial charge in [-0.25, -0.2) is 35.1 Å². The van der Waals surface area contributed by atoms with Crippen LogP contribution in [0.25, 0.3) is 0 Å². The second kappa shape index (κ2) is 9.74. The summed E-state index contributed by atoms with van der Waals surface area (Å²) in [5.41, 5.74) is -0.387. The van der Waals surface area contributed by atoms with Gasteiger partial charge in [-0.05, 0) is 25.0 Å². The van der Waals surface area contributed by atoms with Crippen LogP contribution in [-0.4, -0.2) is 0 Å². The maximum absolute atomic E-state index is 14.0. The molecule has 0 fully saturated rings. The van der Waals surface area contributed by atoms with Gasteiger partial charge < -0.3 is 0 Å². The van der Waals surface area contributed by atoms with Crippen LogP contribution in [0.3, 0.4) is 0 Å². The Hall–Kier alpha value is -2.20. The van der Waals surface area contributed by atoms with Crippen LogP contribution in [0.5, 0.6) is 0 Å². The summed E-state index contributed by atoms with van der Waals surface area (Å²) < 4.78 is 111. The number of hydrogen-bond acceptors (Lipinski definition) is 2. The Morgan fingerprint density at radius 1 is 0.469 bits per heavy atom. The molecule has 0 saturated heterocycles. The molecule has 10 heteroatoms. The fourth-order valence-electron chi connectivity index (χ4n) is 2.74. The zero-order valence-electron chi connectivity index (χ0n) is 16.6. The molecule has 0 aliphatic rings. The quantitative estimate of drug-likeness (QED) is 0.193. The van der Waals surface area contributed by atoms with Gasteiger partial charge in [0.2, 0.25) is 0 Å². The zero-order valence-corrected chi connectivity index (χ0v) is 18.2. The van der Waals surface area contributed by atoms with E-state index in [0.29, 0.717) is 34.7 Å². The number of thioether (sulfide) groups is 2. The van der Waals surface area contributed by atoms with Crippen molar-refractivity contribution in [3.8, 4) is 0 Å². The maximum Gasteiger partial charge on any atom is 0.175 e. The van der Waals surface area contributed by atoms with E-state index in [0.717, 1.165) is 13.8 Å². The molecule has 32 heavy (non-hydrogen) atoms. The minimum absolute atomic E-state index is 0.0131. The fraction of sp³-hybridized carbons (Fsp3) is 0.182. The summed E-state index contributed by atoms with van der Waals surface area (Å²) in [6, 6.07) is 6.18. The molecule has 0 bridgehead atoms. The molecule has 0 N–H and O–H groups in total. The standard InChI is InChI=1S/C22H14F8S2/c1-9-13(23)17(27)21(18(28)14(9)24)31-7-11-3-5-12(6-4-11)8-32-22-19(29)15(25)10(2)16(26)20(22)30/h3-6H,7-8H2,1-2H3. The van der Waals surface area contributed by atoms with Crippen molar-refractivity contribution in [1.29, 1.82) is 0 Å². The van der Waals surface area contributed by atoms with Gasteiger partial charge in [0.05, 0.1) is 9.79 Å². The zero-order chi connectivity index (χ0) is 23.7. The molecular formula is C22H14F8S2. The summed E-state index contributed by atoms with van der Waals surface area (Å²) >= 11 is 1.14. The Bertz CT molecular complexity index is 1030. The van der Waals surface area contributed by atoms with Crippen molar-refractivity contribution in [3.63, 3.8) is 0 Å². The van der Waals surface area contributed by atoms with Gasteiger partial charge in [-0.3, -0.25) is 0 Å². The molecule has 0 heterocycles. The summed E-state index contributed by atoms with van der Waals surface area (Å²) in [5.74, 6) is -11.7. The third-order valence-corrected chi connectivity index (χ3v) is 6.92. The second-order valence-electron chi connectivity index (χ2n) is 6.81. The van der Waals surface area contributed by atoms with E-state index in [1.165, 1.54) is 0 Å². The summed E-state index contributed by atoms with van der Waals surface area (Å²) in [5, 5.41) is 0. The lowest BCUT2D eigenvalue weighted by molar-refractivity contribution is 0.418. The molecule has 0 unspecified atom stereocenters. The fourth-order valence-corrected chi connectivity index (χ4v) is 4.61. The molecule has 3 aromatic rings. The molecule has 0 amide bonds. The first-order valence-electron chi connectivity index (χ1n) is 9.03. The van der Waals surface area contributed by atoms with E-state index in [-0.39, 0.29) is 11.5 Å². The predicted molar refractivity (Wildman–Crippen MR) is 108 cm³/mol. The third kappa shape index (κ3) is 4.61. The van der Waals surface area contributed by atoms with Crippen molar-refractivity contribution < 1.29 is 35.1 Å². The SMILES string of the molecule is Cc1c(F)c(F)c(SCc2ccc(CSc3c(F)c(F)c(C)c(F)c3F)cc2)c(F)c1F. The van der Waals surface area contributed by atoms with Crippen LogP contribution in [0.15, 0.2) is 34.1 Å². The highest BCUT2D eigenvalue weighted by molar-refractivity contribution is 7.98. The molecule has 0 aromatic heterocycles. The first kappa shape index (κ1) is 24.4. The molecule has 0 aliphatic heterocycles. The van der Waals surface area contributed by atoms with Gasteiger partial charge in [-0.1, -0.05) is 24.3 Å². The monoisotopic (exact) mass is 494 g/mol. The highest BCUT2D eigenvalue weighted by Crippen LogP contribution is 2.35. The highest BCUT2D eigenvalue weighted by atomic mass is 32.2. The lowest BCUT2D eigenvalue weighted by atomic mass is 10.2. The van der Waals surface area contributed by atoms with Crippen molar-refractivity contribution in [2.45, 2.75) is 35.1 Å². The normalized spacial score (nSPS) is 11.3. The van der Waals surface area contributed by atoms with Gasteiger partial charge in [-0.15, -0.1) is 23.5 Å². The number of halogens is 8. The van der Waals surface area contributed by atoms with E-state index >= 15 is 0 Å². The molecule has 0 spiro atoms. The van der Waals surface area contributed by atoms with E-state index in [1.54, 1.807) is 24.3 Å². The lowest BCUT2D eigenvalue weighted by Gasteiger charge is -2.10. The largest absolute Gasteiger partial charge is 0.203 e. The van der Waals surface area contributed by atoms with E-state index < -0.39 is 67.5 Å². The van der Waals surface area contributed by atoms with Gasteiger partial charge in [0, 0.05) is 22.6 Å². The van der Waals surface area contributed by atoms with Gasteiger partial charge in [0.1, 0.15) is 0 Å². The van der Waals surface area contributed by atoms with Gasteiger partial charge >= 0.3 is 0 Å². The van der Waals surface area contributed by atoms with E-state index in [1.807, 2.05) is 0 Å². The van der Waals surface area contributed by atoms with Crippen molar-refractivity contribution >= 4 is 23.5 Å². The van der Waals surface area contributed by atoms with Crippen LogP contribution < -0.4 is 0 Å². The molecule has 170 valence electrons. The summed E-state index contributed by atoms with van der Waals surface area (Å²) in [6.07, 6.45) is 0. The second-order valence-corrected chi connectivity index (χ2v) is 8.79. The van der Waals surface area contributed by atoms with Crippen LogP contribution in [0.4, 0.5) is 35.1 Å². The van der Waals surface area contributed by atoms with E-state index in [2.05, 4.69) is 0 Å². The van der Waals surface area contributed by atoms with Crippen molar-refractivity contribution in [2.75, 3.05) is 0 Å². The van der Waals surface area contributed by atoms with Crippen LogP contribution in [0, 0.1) is 60.4 Å². The first-order valence-corrected chi connectivity index (χ1v) is 11.0. The third-order valence-electron chi connectivity index (χ3n) is 4.67. The van der Waals surface area contributed by atoms with Crippen molar-refractivity contribution in [2.24, 2.45) is 0 Å². The van der Waals surface area contributed by atoms with E-state index in [9.17, 15) is 35.1 Å². The minimum atomic E-state index is -1.47. The summed E-state index contributed by atoms with van der Waals surface area (Å²) in [7, 11) is 0. The molecule has 0 radical (unpaired) electrons. The first-order chi connectivity index (χ1) is 15.0. The van der Waals surface area contributed by atoms with Crippen LogP contribution in [0.2, 0.25) is 0 Å².